The molecule has 1 amide bonds. The molecule has 8 heteroatoms. The smallest absolute Gasteiger partial charge is 0.351 e. The number of amides is 1. The van der Waals surface area contributed by atoms with E-state index in [-0.39, 0.29) is 17.0 Å². The first-order valence-corrected chi connectivity index (χ1v) is 6.55. The molecule has 0 bridgehead atoms. The molecule has 5 nitrogen and oxygen atoms in total. The zero-order chi connectivity index (χ0) is 15.6. The number of halogens is 3. The van der Waals surface area contributed by atoms with Gasteiger partial charge in [0.2, 0.25) is 0 Å². The van der Waals surface area contributed by atoms with Gasteiger partial charge in [-0.15, -0.1) is 0 Å². The van der Waals surface area contributed by atoms with Crippen molar-refractivity contribution >= 4 is 11.6 Å². The predicted molar refractivity (Wildman–Crippen MR) is 70.0 cm³/mol. The molecular weight excluding hydrogens is 285 g/mol. The van der Waals surface area contributed by atoms with Crippen LogP contribution in [0.5, 0.6) is 0 Å². The molecule has 0 aromatic carbocycles. The Morgan fingerprint density at radius 2 is 2.10 bits per heavy atom. The number of unbranched alkanes of at least 4 members (excludes halogenated alkanes) is 1. The molecule has 21 heavy (non-hydrogen) atoms. The molecule has 2 aromatic rings. The van der Waals surface area contributed by atoms with Crippen LogP contribution in [0, 0.1) is 6.92 Å². The van der Waals surface area contributed by atoms with E-state index < -0.39 is 17.8 Å². The van der Waals surface area contributed by atoms with Crippen molar-refractivity contribution in [1.82, 2.24) is 19.9 Å². The molecule has 0 aliphatic heterocycles. The number of carbonyl (C=O) groups is 1. The number of aryl methyl sites for hydroxylation is 1. The molecule has 114 valence electrons. The van der Waals surface area contributed by atoms with Crippen molar-refractivity contribution in [2.75, 3.05) is 6.54 Å². The maximum atomic E-state index is 13.0. The highest BCUT2D eigenvalue weighted by Gasteiger charge is 2.35. The Hall–Kier alpha value is -2.12. The van der Waals surface area contributed by atoms with Crippen molar-refractivity contribution in [3.05, 3.63) is 29.2 Å². The lowest BCUT2D eigenvalue weighted by molar-refractivity contribution is -0.142. The lowest BCUT2D eigenvalue weighted by atomic mass is 10.3. The van der Waals surface area contributed by atoms with Crippen molar-refractivity contribution in [3.8, 4) is 0 Å². The van der Waals surface area contributed by atoms with Gasteiger partial charge in [-0.05, 0) is 19.4 Å². The summed E-state index contributed by atoms with van der Waals surface area (Å²) < 4.78 is 39.6. The molecule has 0 atom stereocenters. The fourth-order valence-electron chi connectivity index (χ4n) is 1.88. The number of alkyl halides is 3. The summed E-state index contributed by atoms with van der Waals surface area (Å²) in [4.78, 5) is 15.8. The van der Waals surface area contributed by atoms with E-state index in [9.17, 15) is 18.0 Å². The van der Waals surface area contributed by atoms with Crippen LogP contribution in [0.2, 0.25) is 0 Å². The number of hydrogen-bond acceptors (Lipinski definition) is 3. The molecule has 1 N–H and O–H groups in total. The number of hydrogen-bond donors (Lipinski definition) is 1. The molecular formula is C13H15F3N4O. The molecule has 0 spiro atoms. The summed E-state index contributed by atoms with van der Waals surface area (Å²) in [6, 6.07) is 2.16. The third kappa shape index (κ3) is 3.32. The Labute approximate surface area is 119 Å². The third-order valence-electron chi connectivity index (χ3n) is 2.89. The second-order valence-electron chi connectivity index (χ2n) is 4.69. The SMILES string of the molecule is CCCCNC(=O)c1cc2nc(C)cc(C(F)(F)F)n2n1. The van der Waals surface area contributed by atoms with E-state index in [4.69, 9.17) is 0 Å². The average molecular weight is 300 g/mol. The fourth-order valence-corrected chi connectivity index (χ4v) is 1.88. The topological polar surface area (TPSA) is 59.3 Å². The van der Waals surface area contributed by atoms with E-state index in [0.29, 0.717) is 11.1 Å². The Balaban J connectivity index is 2.39. The van der Waals surface area contributed by atoms with Crippen LogP contribution in [0.25, 0.3) is 5.65 Å². The molecule has 2 rings (SSSR count). The fraction of sp³-hybridized carbons (Fsp3) is 0.462. The van der Waals surface area contributed by atoms with Crippen LogP contribution in [0.4, 0.5) is 13.2 Å². The normalized spacial score (nSPS) is 11.9. The second kappa shape index (κ2) is 5.71. The Morgan fingerprint density at radius 1 is 1.38 bits per heavy atom. The molecule has 2 heterocycles. The van der Waals surface area contributed by atoms with E-state index in [1.54, 1.807) is 0 Å². The molecule has 0 saturated carbocycles. The summed E-state index contributed by atoms with van der Waals surface area (Å²) in [5.41, 5.74) is -0.803. The summed E-state index contributed by atoms with van der Waals surface area (Å²) in [7, 11) is 0. The molecule has 0 aliphatic rings. The van der Waals surface area contributed by atoms with Gasteiger partial charge >= 0.3 is 6.18 Å². The lowest BCUT2D eigenvalue weighted by Crippen LogP contribution is -2.25. The summed E-state index contributed by atoms with van der Waals surface area (Å²) in [5, 5.41) is 6.33. The zero-order valence-electron chi connectivity index (χ0n) is 11.7. The zero-order valence-corrected chi connectivity index (χ0v) is 11.7. The largest absolute Gasteiger partial charge is 0.433 e. The predicted octanol–water partition coefficient (Wildman–Crippen LogP) is 2.59. The van der Waals surface area contributed by atoms with Crippen molar-refractivity contribution in [3.63, 3.8) is 0 Å². The Kier molecular flexibility index (Phi) is 4.15. The minimum atomic E-state index is -4.56. The standard InChI is InChI=1S/C13H15F3N4O/c1-3-4-5-17-12(21)9-7-11-18-8(2)6-10(13(14,15)16)20(11)19-9/h6-7H,3-5H2,1-2H3,(H,17,21). The van der Waals surface area contributed by atoms with Crippen LogP contribution >= 0.6 is 0 Å². The van der Waals surface area contributed by atoms with E-state index in [0.717, 1.165) is 18.9 Å². The highest BCUT2D eigenvalue weighted by Crippen LogP contribution is 2.29. The minimum absolute atomic E-state index is 0.00275. The number of aromatic nitrogens is 3. The minimum Gasteiger partial charge on any atom is -0.351 e. The van der Waals surface area contributed by atoms with Crippen LogP contribution in [0.3, 0.4) is 0 Å². The Bertz CT molecular complexity index is 663. The van der Waals surface area contributed by atoms with Crippen molar-refractivity contribution in [2.24, 2.45) is 0 Å². The highest BCUT2D eigenvalue weighted by atomic mass is 19.4. The van der Waals surface area contributed by atoms with E-state index in [1.165, 1.54) is 13.0 Å². The van der Waals surface area contributed by atoms with Crippen LogP contribution in [-0.4, -0.2) is 27.0 Å². The van der Waals surface area contributed by atoms with Crippen LogP contribution in [-0.2, 0) is 6.18 Å². The van der Waals surface area contributed by atoms with Crippen molar-refractivity contribution in [2.45, 2.75) is 32.9 Å². The van der Waals surface area contributed by atoms with E-state index >= 15 is 0 Å². The summed E-state index contributed by atoms with van der Waals surface area (Å²) >= 11 is 0. The van der Waals surface area contributed by atoms with Gasteiger partial charge in [0.25, 0.3) is 5.91 Å². The van der Waals surface area contributed by atoms with Gasteiger partial charge in [0.1, 0.15) is 5.69 Å². The van der Waals surface area contributed by atoms with Crippen LogP contribution in [0.1, 0.15) is 41.6 Å². The molecule has 0 saturated heterocycles. The molecule has 0 fully saturated rings. The number of fused-ring (bicyclic) bond motifs is 1. The first kappa shape index (κ1) is 15.3. The van der Waals surface area contributed by atoms with E-state index in [2.05, 4.69) is 15.4 Å². The van der Waals surface area contributed by atoms with Gasteiger partial charge in [-0.1, -0.05) is 13.3 Å². The van der Waals surface area contributed by atoms with Crippen LogP contribution < -0.4 is 5.32 Å². The van der Waals surface area contributed by atoms with Gasteiger partial charge in [0, 0.05) is 18.3 Å². The van der Waals surface area contributed by atoms with Gasteiger partial charge < -0.3 is 5.32 Å². The number of rotatable bonds is 4. The maximum absolute atomic E-state index is 13.0. The molecule has 2 aromatic heterocycles. The molecule has 0 aliphatic carbocycles. The van der Waals surface area contributed by atoms with Gasteiger partial charge in [-0.2, -0.15) is 18.3 Å². The molecule has 0 unspecified atom stereocenters. The third-order valence-corrected chi connectivity index (χ3v) is 2.89. The first-order valence-electron chi connectivity index (χ1n) is 6.55. The Morgan fingerprint density at radius 3 is 2.71 bits per heavy atom. The molecule has 0 radical (unpaired) electrons. The van der Waals surface area contributed by atoms with Gasteiger partial charge in [0.05, 0.1) is 0 Å². The lowest BCUT2D eigenvalue weighted by Gasteiger charge is -2.09. The second-order valence-corrected chi connectivity index (χ2v) is 4.69. The average Bonchev–Trinajstić information content (AvgIpc) is 2.80. The highest BCUT2D eigenvalue weighted by molar-refractivity contribution is 5.93. The van der Waals surface area contributed by atoms with Crippen LogP contribution in [0.15, 0.2) is 12.1 Å². The summed E-state index contributed by atoms with van der Waals surface area (Å²) in [6.45, 7) is 3.89. The van der Waals surface area contributed by atoms with Crippen molar-refractivity contribution in [1.29, 1.82) is 0 Å². The maximum Gasteiger partial charge on any atom is 0.433 e. The first-order chi connectivity index (χ1) is 9.82. The van der Waals surface area contributed by atoms with Crippen molar-refractivity contribution < 1.29 is 18.0 Å². The quantitative estimate of drug-likeness (QED) is 0.883. The van der Waals surface area contributed by atoms with Gasteiger partial charge in [-0.25, -0.2) is 9.50 Å². The van der Waals surface area contributed by atoms with E-state index in [1.807, 2.05) is 6.92 Å². The number of carbonyl (C=O) groups excluding carboxylic acids is 1. The summed E-state index contributed by atoms with van der Waals surface area (Å²) in [5.74, 6) is -0.500. The van der Waals surface area contributed by atoms with Gasteiger partial charge in [0.15, 0.2) is 11.3 Å². The van der Waals surface area contributed by atoms with Gasteiger partial charge in [-0.3, -0.25) is 4.79 Å². The summed E-state index contributed by atoms with van der Waals surface area (Å²) in [6.07, 6.45) is -2.86. The monoisotopic (exact) mass is 300 g/mol. The number of nitrogens with zero attached hydrogens (tertiary/aromatic N) is 3. The number of nitrogens with one attached hydrogen (secondary N) is 1.